The van der Waals surface area contributed by atoms with Gasteiger partial charge in [0, 0.05) is 6.42 Å². The van der Waals surface area contributed by atoms with E-state index in [4.69, 9.17) is 28.4 Å². The lowest BCUT2D eigenvalue weighted by molar-refractivity contribution is -0.379. The average molecular weight is 1240 g/mol. The van der Waals surface area contributed by atoms with Gasteiger partial charge in [-0.2, -0.15) is 0 Å². The van der Waals surface area contributed by atoms with Gasteiger partial charge in [0.2, 0.25) is 5.91 Å². The fraction of sp³-hybridized carbons (Fsp3) is 0.809. The van der Waals surface area contributed by atoms with E-state index in [2.05, 4.69) is 73.8 Å². The first-order chi connectivity index (χ1) is 42.3. The quantitative estimate of drug-likeness (QED) is 0.0202. The molecule has 3 heterocycles. The molecule has 0 aromatic heterocycles. The fourth-order valence-corrected chi connectivity index (χ4v) is 11.1. The molecule has 0 aromatic carbocycles. The number of allylic oxidation sites excluding steroid dienone is 11. The van der Waals surface area contributed by atoms with Crippen LogP contribution in [0.25, 0.3) is 0 Å². The summed E-state index contributed by atoms with van der Waals surface area (Å²) in [7, 11) is 0. The molecule has 3 rings (SSSR count). The van der Waals surface area contributed by atoms with E-state index < -0.39 is 124 Å². The molecular formula is C68H119NO18. The highest BCUT2D eigenvalue weighted by Crippen LogP contribution is 2.33. The highest BCUT2D eigenvalue weighted by atomic mass is 16.8. The average Bonchev–Trinajstić information content (AvgIpc) is 2.97. The Hall–Kier alpha value is -2.77. The fourth-order valence-electron chi connectivity index (χ4n) is 11.1. The van der Waals surface area contributed by atoms with Crippen LogP contribution in [-0.4, -0.2) is 193 Å². The molecule has 87 heavy (non-hydrogen) atoms. The predicted molar refractivity (Wildman–Crippen MR) is 337 cm³/mol. The van der Waals surface area contributed by atoms with Crippen molar-refractivity contribution in [3.8, 4) is 0 Å². The summed E-state index contributed by atoms with van der Waals surface area (Å²) in [6.07, 6.45) is 34.6. The Morgan fingerprint density at radius 1 is 0.425 bits per heavy atom. The molecule has 3 aliphatic heterocycles. The molecule has 0 radical (unpaired) electrons. The van der Waals surface area contributed by atoms with Crippen LogP contribution < -0.4 is 5.32 Å². The van der Waals surface area contributed by atoms with E-state index in [9.17, 15) is 61.0 Å². The van der Waals surface area contributed by atoms with Crippen molar-refractivity contribution in [1.82, 2.24) is 5.32 Å². The number of carbonyl (C=O) groups excluding carboxylic acids is 1. The Balaban J connectivity index is 1.47. The number of nitrogens with one attached hydrogen (secondary N) is 1. The molecule has 3 saturated heterocycles. The Morgan fingerprint density at radius 3 is 1.23 bits per heavy atom. The van der Waals surface area contributed by atoms with E-state index in [1.54, 1.807) is 6.08 Å². The molecule has 0 saturated carbocycles. The van der Waals surface area contributed by atoms with Crippen LogP contribution in [0.5, 0.6) is 0 Å². The molecule has 0 bridgehead atoms. The van der Waals surface area contributed by atoms with Gasteiger partial charge < -0.3 is 89.9 Å². The smallest absolute Gasteiger partial charge is 0.220 e. The van der Waals surface area contributed by atoms with E-state index >= 15 is 0 Å². The van der Waals surface area contributed by atoms with Crippen LogP contribution in [0.4, 0.5) is 0 Å². The van der Waals surface area contributed by atoms with Gasteiger partial charge in [0.1, 0.15) is 73.2 Å². The van der Waals surface area contributed by atoms with E-state index in [-0.39, 0.29) is 18.9 Å². The number of ether oxygens (including phenoxy) is 6. The molecule has 0 aromatic rings. The van der Waals surface area contributed by atoms with Crippen molar-refractivity contribution in [2.75, 3.05) is 26.4 Å². The van der Waals surface area contributed by atoms with Gasteiger partial charge in [-0.15, -0.1) is 0 Å². The zero-order chi connectivity index (χ0) is 63.3. The SMILES string of the molecule is CC/C=C\C/C=C\C/C=C\C/C=C\C/C=C\CCCC(=O)NC(COC1OC(CO)C(OC2OC(CO)C(OC3OC(CO)C(O)C(O)C3O)C(O)C2O)C(O)C1O)C(O)/C=C/CCCCCCCCCCCCCCCCCCCCCCCCC. The van der Waals surface area contributed by atoms with Gasteiger partial charge in [-0.3, -0.25) is 4.79 Å². The van der Waals surface area contributed by atoms with E-state index in [0.717, 1.165) is 57.8 Å². The standard InChI is InChI=1S/C68H119NO18/c1-3-5-7-9-11-13-15-17-19-21-22-23-24-25-26-27-28-30-31-33-35-37-39-41-43-45-52(73)51(69-56(74)46-44-42-40-38-36-34-32-29-20-18-16-14-12-10-8-6-4-2)50-82-66-62(80)59(77)64(54(48-71)84-66)87-68-63(81)60(78)65(55(49-72)85-68)86-67-61(79)58(76)57(75)53(47-70)83-67/h6,8,12,14,18,20,32,34,38,40,43,45,51-55,57-68,70-73,75-81H,3-5,7,9-11,13,15-17,19,21-31,33,35-37,39,41-42,44,46-50H2,1-2H3,(H,69,74)/b8-6-,14-12-,20-18-,34-32-,40-38-,45-43+. The minimum atomic E-state index is -1.99. The summed E-state index contributed by atoms with van der Waals surface area (Å²) in [5, 5.41) is 120. The third-order valence-electron chi connectivity index (χ3n) is 16.5. The molecule has 3 fully saturated rings. The highest BCUT2D eigenvalue weighted by molar-refractivity contribution is 5.76. The van der Waals surface area contributed by atoms with Crippen molar-refractivity contribution < 1.29 is 89.4 Å². The first-order valence-corrected chi connectivity index (χ1v) is 33.7. The molecule has 19 nitrogen and oxygen atoms in total. The van der Waals surface area contributed by atoms with Gasteiger partial charge in [-0.05, 0) is 57.8 Å². The monoisotopic (exact) mass is 1240 g/mol. The largest absolute Gasteiger partial charge is 0.394 e. The molecule has 0 aliphatic carbocycles. The maximum atomic E-state index is 13.3. The summed E-state index contributed by atoms with van der Waals surface area (Å²) in [4.78, 5) is 13.3. The number of hydrogen-bond acceptors (Lipinski definition) is 18. The predicted octanol–water partition coefficient (Wildman–Crippen LogP) is 8.16. The molecule has 0 spiro atoms. The van der Waals surface area contributed by atoms with Crippen molar-refractivity contribution in [1.29, 1.82) is 0 Å². The minimum Gasteiger partial charge on any atom is -0.394 e. The summed E-state index contributed by atoms with van der Waals surface area (Å²) in [6.45, 7) is 1.58. The van der Waals surface area contributed by atoms with E-state index in [1.165, 1.54) is 128 Å². The van der Waals surface area contributed by atoms with E-state index in [1.807, 2.05) is 12.2 Å². The second kappa shape index (κ2) is 49.9. The zero-order valence-electron chi connectivity index (χ0n) is 53.0. The zero-order valence-corrected chi connectivity index (χ0v) is 53.0. The van der Waals surface area contributed by atoms with Crippen molar-refractivity contribution >= 4 is 5.91 Å². The summed E-state index contributed by atoms with van der Waals surface area (Å²) in [5.41, 5.74) is 0. The third-order valence-corrected chi connectivity index (χ3v) is 16.5. The van der Waals surface area contributed by atoms with Crippen LogP contribution in [0, 0.1) is 0 Å². The van der Waals surface area contributed by atoms with Gasteiger partial charge in [0.25, 0.3) is 0 Å². The summed E-state index contributed by atoms with van der Waals surface area (Å²) in [5.74, 6) is -0.333. The molecule has 17 unspecified atom stereocenters. The second-order valence-electron chi connectivity index (χ2n) is 23.9. The first kappa shape index (κ1) is 78.5. The van der Waals surface area contributed by atoms with Crippen LogP contribution in [0.1, 0.15) is 219 Å². The van der Waals surface area contributed by atoms with Gasteiger partial charge in [0.05, 0.1) is 38.6 Å². The Kier molecular flexibility index (Phi) is 45.0. The number of hydrogen-bond donors (Lipinski definition) is 12. The molecule has 504 valence electrons. The lowest BCUT2D eigenvalue weighted by atomic mass is 9.96. The van der Waals surface area contributed by atoms with E-state index in [0.29, 0.717) is 12.8 Å². The first-order valence-electron chi connectivity index (χ1n) is 33.7. The molecule has 12 N–H and O–H groups in total. The number of carbonyl (C=O) groups is 1. The summed E-state index contributed by atoms with van der Waals surface area (Å²) >= 11 is 0. The lowest BCUT2D eigenvalue weighted by Gasteiger charge is -2.48. The third kappa shape index (κ3) is 32.4. The van der Waals surface area contributed by atoms with Crippen LogP contribution in [0.2, 0.25) is 0 Å². The van der Waals surface area contributed by atoms with Crippen LogP contribution in [0.3, 0.4) is 0 Å². The molecule has 3 aliphatic rings. The summed E-state index contributed by atoms with van der Waals surface area (Å²) < 4.78 is 34.3. The number of unbranched alkanes of at least 4 members (excludes halogenated alkanes) is 24. The van der Waals surface area contributed by atoms with Crippen LogP contribution >= 0.6 is 0 Å². The topological polar surface area (TPSA) is 307 Å². The molecule has 1 amide bonds. The number of aliphatic hydroxyl groups excluding tert-OH is 11. The summed E-state index contributed by atoms with van der Waals surface area (Å²) in [6, 6.07) is -1.01. The Labute approximate surface area is 521 Å². The van der Waals surface area contributed by atoms with Crippen molar-refractivity contribution in [2.24, 2.45) is 0 Å². The molecular weight excluding hydrogens is 1120 g/mol. The van der Waals surface area contributed by atoms with Crippen molar-refractivity contribution in [3.05, 3.63) is 72.9 Å². The van der Waals surface area contributed by atoms with Crippen LogP contribution in [0.15, 0.2) is 72.9 Å². The second-order valence-corrected chi connectivity index (χ2v) is 23.9. The lowest BCUT2D eigenvalue weighted by Crippen LogP contribution is -2.66. The van der Waals surface area contributed by atoms with Crippen molar-refractivity contribution in [2.45, 2.75) is 324 Å². The molecule has 19 heteroatoms. The number of rotatable bonds is 50. The minimum absolute atomic E-state index is 0.162. The van der Waals surface area contributed by atoms with Gasteiger partial charge in [-0.25, -0.2) is 0 Å². The Morgan fingerprint density at radius 2 is 0.793 bits per heavy atom. The maximum absolute atomic E-state index is 13.3. The molecule has 17 atom stereocenters. The van der Waals surface area contributed by atoms with Gasteiger partial charge in [-0.1, -0.05) is 228 Å². The van der Waals surface area contributed by atoms with Crippen molar-refractivity contribution in [3.63, 3.8) is 0 Å². The van der Waals surface area contributed by atoms with Crippen LogP contribution in [-0.2, 0) is 33.2 Å². The Bertz CT molecular complexity index is 1860. The normalized spacial score (nSPS) is 29.0. The number of aliphatic hydroxyl groups is 11. The van der Waals surface area contributed by atoms with Gasteiger partial charge >= 0.3 is 0 Å². The highest BCUT2D eigenvalue weighted by Gasteiger charge is 2.53. The maximum Gasteiger partial charge on any atom is 0.220 e. The number of amides is 1. The van der Waals surface area contributed by atoms with Gasteiger partial charge in [0.15, 0.2) is 18.9 Å².